The molecule has 0 aliphatic heterocycles. The van der Waals surface area contributed by atoms with Gasteiger partial charge in [0, 0.05) is 17.8 Å². The van der Waals surface area contributed by atoms with Crippen LogP contribution in [0.1, 0.15) is 22.7 Å². The molecule has 0 spiro atoms. The van der Waals surface area contributed by atoms with Crippen LogP contribution in [0, 0.1) is 0 Å². The third kappa shape index (κ3) is 2.07. The second kappa shape index (κ2) is 4.92. The first-order chi connectivity index (χ1) is 8.95. The van der Waals surface area contributed by atoms with Crippen molar-refractivity contribution >= 4 is 0 Å². The highest BCUT2D eigenvalue weighted by atomic mass is 14.7. The zero-order valence-electron chi connectivity index (χ0n) is 10.1. The Morgan fingerprint density at radius 3 is 1.61 bits per heavy atom. The van der Waals surface area contributed by atoms with Gasteiger partial charge in [0.2, 0.25) is 0 Å². The minimum absolute atomic E-state index is 0.280. The summed E-state index contributed by atoms with van der Waals surface area (Å²) in [5.41, 5.74) is 3.85. The standard InChI is InChI=1S/C17H15N/c1-3-8-14(9-4-1)17(16-12-7-13-18-16)15-10-5-2-6-11-15/h1-13,17-18H. The van der Waals surface area contributed by atoms with E-state index in [-0.39, 0.29) is 5.92 Å². The molecule has 0 radical (unpaired) electrons. The van der Waals surface area contributed by atoms with Gasteiger partial charge >= 0.3 is 0 Å². The zero-order valence-corrected chi connectivity index (χ0v) is 10.1. The lowest BCUT2D eigenvalue weighted by Crippen LogP contribution is -2.03. The van der Waals surface area contributed by atoms with Crippen molar-refractivity contribution in [2.75, 3.05) is 0 Å². The molecule has 1 heterocycles. The molecule has 0 aliphatic carbocycles. The van der Waals surface area contributed by atoms with E-state index in [1.807, 2.05) is 12.3 Å². The summed E-state index contributed by atoms with van der Waals surface area (Å²) in [4.78, 5) is 3.33. The number of rotatable bonds is 3. The second-order valence-electron chi connectivity index (χ2n) is 4.38. The lowest BCUT2D eigenvalue weighted by molar-refractivity contribution is 0.933. The third-order valence-corrected chi connectivity index (χ3v) is 3.20. The van der Waals surface area contributed by atoms with E-state index >= 15 is 0 Å². The Kier molecular flexibility index (Phi) is 2.97. The van der Waals surface area contributed by atoms with E-state index < -0.39 is 0 Å². The lowest BCUT2D eigenvalue weighted by atomic mass is 9.89. The Morgan fingerprint density at radius 1 is 0.611 bits per heavy atom. The number of hydrogen-bond acceptors (Lipinski definition) is 0. The van der Waals surface area contributed by atoms with Crippen molar-refractivity contribution in [3.05, 3.63) is 95.8 Å². The van der Waals surface area contributed by atoms with Crippen molar-refractivity contribution in [3.8, 4) is 0 Å². The molecular weight excluding hydrogens is 218 g/mol. The molecule has 0 saturated heterocycles. The van der Waals surface area contributed by atoms with E-state index in [1.165, 1.54) is 16.8 Å². The molecule has 0 saturated carbocycles. The molecule has 3 rings (SSSR count). The van der Waals surface area contributed by atoms with Gasteiger partial charge in [-0.15, -0.1) is 0 Å². The number of aromatic nitrogens is 1. The van der Waals surface area contributed by atoms with E-state index in [9.17, 15) is 0 Å². The quantitative estimate of drug-likeness (QED) is 0.698. The summed E-state index contributed by atoms with van der Waals surface area (Å²) >= 11 is 0. The van der Waals surface area contributed by atoms with Gasteiger partial charge in [0.15, 0.2) is 0 Å². The maximum Gasteiger partial charge on any atom is 0.0490 e. The van der Waals surface area contributed by atoms with Crippen molar-refractivity contribution in [2.24, 2.45) is 0 Å². The van der Waals surface area contributed by atoms with Crippen LogP contribution in [0.4, 0.5) is 0 Å². The van der Waals surface area contributed by atoms with Crippen molar-refractivity contribution in [1.82, 2.24) is 4.98 Å². The monoisotopic (exact) mass is 233 g/mol. The highest BCUT2D eigenvalue weighted by Gasteiger charge is 2.16. The average Bonchev–Trinajstić information content (AvgIpc) is 2.95. The van der Waals surface area contributed by atoms with E-state index in [0.717, 1.165) is 0 Å². The van der Waals surface area contributed by atoms with Gasteiger partial charge in [0.1, 0.15) is 0 Å². The Morgan fingerprint density at radius 2 is 1.17 bits per heavy atom. The van der Waals surface area contributed by atoms with Crippen LogP contribution in [0.5, 0.6) is 0 Å². The normalized spacial score (nSPS) is 10.7. The molecule has 18 heavy (non-hydrogen) atoms. The molecule has 0 aliphatic rings. The second-order valence-corrected chi connectivity index (χ2v) is 4.38. The third-order valence-electron chi connectivity index (χ3n) is 3.20. The van der Waals surface area contributed by atoms with Crippen LogP contribution in [0.3, 0.4) is 0 Å². The summed E-state index contributed by atoms with van der Waals surface area (Å²) in [6.07, 6.45) is 1.98. The molecule has 0 amide bonds. The number of hydrogen-bond donors (Lipinski definition) is 1. The molecule has 1 heteroatoms. The van der Waals surface area contributed by atoms with Crippen LogP contribution in [0.2, 0.25) is 0 Å². The number of H-pyrrole nitrogens is 1. The first-order valence-corrected chi connectivity index (χ1v) is 6.18. The Hall–Kier alpha value is -2.28. The topological polar surface area (TPSA) is 15.8 Å². The Balaban J connectivity index is 2.11. The van der Waals surface area contributed by atoms with E-state index in [2.05, 4.69) is 71.7 Å². The number of nitrogens with one attached hydrogen (secondary N) is 1. The molecule has 1 nitrogen and oxygen atoms in total. The summed E-state index contributed by atoms with van der Waals surface area (Å²) in [7, 11) is 0. The maximum atomic E-state index is 3.33. The van der Waals surface area contributed by atoms with Gasteiger partial charge in [-0.1, -0.05) is 60.7 Å². The molecule has 0 fully saturated rings. The van der Waals surface area contributed by atoms with E-state index in [4.69, 9.17) is 0 Å². The highest BCUT2D eigenvalue weighted by Crippen LogP contribution is 2.30. The smallest absolute Gasteiger partial charge is 0.0490 e. The fraction of sp³-hybridized carbons (Fsp3) is 0.0588. The predicted molar refractivity (Wildman–Crippen MR) is 74.6 cm³/mol. The summed E-state index contributed by atoms with van der Waals surface area (Å²) in [5, 5.41) is 0. The van der Waals surface area contributed by atoms with Crippen molar-refractivity contribution in [2.45, 2.75) is 5.92 Å². The minimum atomic E-state index is 0.280. The Bertz CT molecular complexity index is 543. The van der Waals surface area contributed by atoms with Gasteiger partial charge in [-0.2, -0.15) is 0 Å². The lowest BCUT2D eigenvalue weighted by Gasteiger charge is -2.16. The minimum Gasteiger partial charge on any atom is -0.364 e. The molecule has 0 unspecified atom stereocenters. The molecule has 2 aromatic carbocycles. The molecule has 88 valence electrons. The van der Waals surface area contributed by atoms with Gasteiger partial charge in [-0.25, -0.2) is 0 Å². The first-order valence-electron chi connectivity index (χ1n) is 6.18. The van der Waals surface area contributed by atoms with Gasteiger partial charge < -0.3 is 4.98 Å². The van der Waals surface area contributed by atoms with Gasteiger partial charge in [0.25, 0.3) is 0 Å². The summed E-state index contributed by atoms with van der Waals surface area (Å²) in [6, 6.07) is 25.4. The van der Waals surface area contributed by atoms with Crippen LogP contribution >= 0.6 is 0 Å². The van der Waals surface area contributed by atoms with E-state index in [1.54, 1.807) is 0 Å². The van der Waals surface area contributed by atoms with Crippen molar-refractivity contribution in [1.29, 1.82) is 0 Å². The SMILES string of the molecule is c1ccc(C(c2ccccc2)c2ccc[nH]2)cc1. The summed E-state index contributed by atoms with van der Waals surface area (Å²) < 4.78 is 0. The molecule has 0 bridgehead atoms. The van der Waals surface area contributed by atoms with Crippen molar-refractivity contribution < 1.29 is 0 Å². The first kappa shape index (κ1) is 10.8. The van der Waals surface area contributed by atoms with Gasteiger partial charge in [0.05, 0.1) is 0 Å². The summed E-state index contributed by atoms with van der Waals surface area (Å²) in [6.45, 7) is 0. The van der Waals surface area contributed by atoms with Crippen LogP contribution in [-0.4, -0.2) is 4.98 Å². The number of benzene rings is 2. The van der Waals surface area contributed by atoms with Crippen LogP contribution in [-0.2, 0) is 0 Å². The predicted octanol–water partition coefficient (Wildman–Crippen LogP) is 4.19. The van der Waals surface area contributed by atoms with Crippen LogP contribution < -0.4 is 0 Å². The molecule has 1 aromatic heterocycles. The Labute approximate surface area is 107 Å². The van der Waals surface area contributed by atoms with E-state index in [0.29, 0.717) is 0 Å². The molecular formula is C17H15N. The fourth-order valence-electron chi connectivity index (χ4n) is 2.37. The van der Waals surface area contributed by atoms with Crippen LogP contribution in [0.25, 0.3) is 0 Å². The zero-order chi connectivity index (χ0) is 12.2. The summed E-state index contributed by atoms with van der Waals surface area (Å²) in [5.74, 6) is 0.280. The van der Waals surface area contributed by atoms with Crippen molar-refractivity contribution in [3.63, 3.8) is 0 Å². The largest absolute Gasteiger partial charge is 0.364 e. The average molecular weight is 233 g/mol. The fourth-order valence-corrected chi connectivity index (χ4v) is 2.37. The highest BCUT2D eigenvalue weighted by molar-refractivity contribution is 5.40. The number of aromatic amines is 1. The maximum absolute atomic E-state index is 3.33. The van der Waals surface area contributed by atoms with Gasteiger partial charge in [-0.3, -0.25) is 0 Å². The van der Waals surface area contributed by atoms with Crippen LogP contribution in [0.15, 0.2) is 79.0 Å². The molecule has 1 N–H and O–H groups in total. The molecule has 3 aromatic rings. The van der Waals surface area contributed by atoms with Gasteiger partial charge in [-0.05, 0) is 23.3 Å². The molecule has 0 atom stereocenters.